The fourth-order valence-electron chi connectivity index (χ4n) is 1.53. The SMILES string of the molecule is CCCN(CCC)CCNCCCO. The molecule has 0 saturated heterocycles. The van der Waals surface area contributed by atoms with Gasteiger partial charge in [0.15, 0.2) is 0 Å². The third-order valence-electron chi connectivity index (χ3n) is 2.20. The maximum absolute atomic E-state index is 8.59. The normalized spacial score (nSPS) is 11.1. The van der Waals surface area contributed by atoms with Crippen LogP contribution >= 0.6 is 0 Å². The maximum atomic E-state index is 8.59. The molecule has 0 bridgehead atoms. The molecule has 0 unspecified atom stereocenters. The summed E-state index contributed by atoms with van der Waals surface area (Å²) < 4.78 is 0. The number of aliphatic hydroxyl groups excluding tert-OH is 1. The molecule has 14 heavy (non-hydrogen) atoms. The fraction of sp³-hybridized carbons (Fsp3) is 1.00. The smallest absolute Gasteiger partial charge is 0.0443 e. The van der Waals surface area contributed by atoms with Gasteiger partial charge >= 0.3 is 0 Å². The van der Waals surface area contributed by atoms with Gasteiger partial charge in [-0.05, 0) is 38.9 Å². The third kappa shape index (κ3) is 8.48. The molecule has 3 heteroatoms. The Kier molecular flexibility index (Phi) is 10.9. The topological polar surface area (TPSA) is 35.5 Å². The number of hydrogen-bond donors (Lipinski definition) is 2. The average molecular weight is 202 g/mol. The van der Waals surface area contributed by atoms with Crippen LogP contribution < -0.4 is 5.32 Å². The molecule has 0 spiro atoms. The quantitative estimate of drug-likeness (QED) is 0.520. The van der Waals surface area contributed by atoms with Crippen molar-refractivity contribution in [2.75, 3.05) is 39.3 Å². The molecule has 0 aliphatic rings. The molecule has 0 heterocycles. The van der Waals surface area contributed by atoms with E-state index in [2.05, 4.69) is 24.1 Å². The molecular formula is C11H26N2O. The molecule has 0 amide bonds. The van der Waals surface area contributed by atoms with E-state index < -0.39 is 0 Å². The molecule has 0 radical (unpaired) electrons. The van der Waals surface area contributed by atoms with Crippen LogP contribution in [0.15, 0.2) is 0 Å². The van der Waals surface area contributed by atoms with Crippen molar-refractivity contribution in [3.63, 3.8) is 0 Å². The molecule has 0 fully saturated rings. The first kappa shape index (κ1) is 13.9. The van der Waals surface area contributed by atoms with E-state index in [1.165, 1.54) is 25.9 Å². The van der Waals surface area contributed by atoms with Gasteiger partial charge in [-0.3, -0.25) is 0 Å². The summed E-state index contributed by atoms with van der Waals surface area (Å²) in [4.78, 5) is 2.49. The van der Waals surface area contributed by atoms with Crippen LogP contribution in [0.5, 0.6) is 0 Å². The van der Waals surface area contributed by atoms with Crippen molar-refractivity contribution in [1.29, 1.82) is 0 Å². The third-order valence-corrected chi connectivity index (χ3v) is 2.20. The highest BCUT2D eigenvalue weighted by Crippen LogP contribution is 1.92. The molecule has 0 aromatic rings. The molecule has 3 nitrogen and oxygen atoms in total. The zero-order valence-electron chi connectivity index (χ0n) is 9.76. The summed E-state index contributed by atoms with van der Waals surface area (Å²) in [6.45, 7) is 10.3. The van der Waals surface area contributed by atoms with E-state index in [1.807, 2.05) is 0 Å². The predicted molar refractivity (Wildman–Crippen MR) is 61.6 cm³/mol. The van der Waals surface area contributed by atoms with Crippen molar-refractivity contribution in [3.8, 4) is 0 Å². The first-order valence-corrected chi connectivity index (χ1v) is 5.89. The van der Waals surface area contributed by atoms with Gasteiger partial charge < -0.3 is 15.3 Å². The van der Waals surface area contributed by atoms with Gasteiger partial charge in [0, 0.05) is 19.7 Å². The molecule has 86 valence electrons. The van der Waals surface area contributed by atoms with Gasteiger partial charge in [-0.25, -0.2) is 0 Å². The van der Waals surface area contributed by atoms with Gasteiger partial charge in [0.25, 0.3) is 0 Å². The highest BCUT2D eigenvalue weighted by Gasteiger charge is 2.00. The van der Waals surface area contributed by atoms with Crippen molar-refractivity contribution in [1.82, 2.24) is 10.2 Å². The number of rotatable bonds is 10. The predicted octanol–water partition coefficient (Wildman–Crippen LogP) is 1.08. The first-order chi connectivity index (χ1) is 6.85. The van der Waals surface area contributed by atoms with Crippen LogP contribution in [0.1, 0.15) is 33.1 Å². The summed E-state index contributed by atoms with van der Waals surface area (Å²) >= 11 is 0. The minimum atomic E-state index is 0.292. The van der Waals surface area contributed by atoms with E-state index in [4.69, 9.17) is 5.11 Å². The lowest BCUT2D eigenvalue weighted by molar-refractivity contribution is 0.266. The number of nitrogens with one attached hydrogen (secondary N) is 1. The number of hydrogen-bond acceptors (Lipinski definition) is 3. The van der Waals surface area contributed by atoms with Crippen LogP contribution in [0, 0.1) is 0 Å². The number of aliphatic hydroxyl groups is 1. The Morgan fingerprint density at radius 2 is 1.64 bits per heavy atom. The zero-order chi connectivity index (χ0) is 10.6. The van der Waals surface area contributed by atoms with Crippen molar-refractivity contribution >= 4 is 0 Å². The summed E-state index contributed by atoms with van der Waals surface area (Å²) in [5.41, 5.74) is 0. The molecule has 0 saturated carbocycles. The standard InChI is InChI=1S/C11H26N2O/c1-3-8-13(9-4-2)10-7-12-6-5-11-14/h12,14H,3-11H2,1-2H3. The maximum Gasteiger partial charge on any atom is 0.0443 e. The van der Waals surface area contributed by atoms with Crippen molar-refractivity contribution in [2.45, 2.75) is 33.1 Å². The zero-order valence-corrected chi connectivity index (χ0v) is 9.76. The summed E-state index contributed by atoms with van der Waals surface area (Å²) in [7, 11) is 0. The Morgan fingerprint density at radius 1 is 1.00 bits per heavy atom. The van der Waals surface area contributed by atoms with Crippen LogP contribution in [-0.4, -0.2) is 49.3 Å². The van der Waals surface area contributed by atoms with Gasteiger partial charge in [0.2, 0.25) is 0 Å². The minimum Gasteiger partial charge on any atom is -0.396 e. The van der Waals surface area contributed by atoms with Crippen molar-refractivity contribution in [2.24, 2.45) is 0 Å². The van der Waals surface area contributed by atoms with Gasteiger partial charge in [0.1, 0.15) is 0 Å². The minimum absolute atomic E-state index is 0.292. The Labute approximate surface area is 88.5 Å². The van der Waals surface area contributed by atoms with Gasteiger partial charge in [0.05, 0.1) is 0 Å². The van der Waals surface area contributed by atoms with Crippen molar-refractivity contribution < 1.29 is 5.11 Å². The van der Waals surface area contributed by atoms with Crippen LogP contribution in [0.4, 0.5) is 0 Å². The highest BCUT2D eigenvalue weighted by molar-refractivity contribution is 4.58. The second-order valence-corrected chi connectivity index (χ2v) is 3.67. The lowest BCUT2D eigenvalue weighted by Crippen LogP contribution is -2.33. The Balaban J connectivity index is 3.30. The van der Waals surface area contributed by atoms with E-state index in [-0.39, 0.29) is 0 Å². The molecule has 0 atom stereocenters. The second-order valence-electron chi connectivity index (χ2n) is 3.67. The van der Waals surface area contributed by atoms with Crippen LogP contribution in [0.3, 0.4) is 0 Å². The van der Waals surface area contributed by atoms with Crippen LogP contribution in [0.25, 0.3) is 0 Å². The summed E-state index contributed by atoms with van der Waals surface area (Å²) in [5, 5.41) is 11.9. The number of nitrogens with zero attached hydrogens (tertiary/aromatic N) is 1. The molecule has 0 aliphatic heterocycles. The first-order valence-electron chi connectivity index (χ1n) is 5.89. The van der Waals surface area contributed by atoms with Gasteiger partial charge in [-0.1, -0.05) is 13.8 Å². The van der Waals surface area contributed by atoms with Gasteiger partial charge in [-0.15, -0.1) is 0 Å². The van der Waals surface area contributed by atoms with Crippen LogP contribution in [-0.2, 0) is 0 Å². The molecular weight excluding hydrogens is 176 g/mol. The largest absolute Gasteiger partial charge is 0.396 e. The lowest BCUT2D eigenvalue weighted by atomic mass is 10.3. The fourth-order valence-corrected chi connectivity index (χ4v) is 1.53. The molecule has 0 aromatic heterocycles. The van der Waals surface area contributed by atoms with E-state index in [9.17, 15) is 0 Å². The summed E-state index contributed by atoms with van der Waals surface area (Å²) in [6, 6.07) is 0. The Bertz CT molecular complexity index is 103. The van der Waals surface area contributed by atoms with E-state index in [0.717, 1.165) is 26.1 Å². The molecule has 0 aliphatic carbocycles. The van der Waals surface area contributed by atoms with E-state index >= 15 is 0 Å². The monoisotopic (exact) mass is 202 g/mol. The highest BCUT2D eigenvalue weighted by atomic mass is 16.3. The summed E-state index contributed by atoms with van der Waals surface area (Å²) in [6.07, 6.45) is 3.33. The summed E-state index contributed by atoms with van der Waals surface area (Å²) in [5.74, 6) is 0. The average Bonchev–Trinajstić information content (AvgIpc) is 2.18. The second kappa shape index (κ2) is 11.0. The van der Waals surface area contributed by atoms with Crippen molar-refractivity contribution in [3.05, 3.63) is 0 Å². The van der Waals surface area contributed by atoms with E-state index in [0.29, 0.717) is 6.61 Å². The Hall–Kier alpha value is -0.120. The molecule has 2 N–H and O–H groups in total. The van der Waals surface area contributed by atoms with Crippen LogP contribution in [0.2, 0.25) is 0 Å². The molecule has 0 aromatic carbocycles. The Morgan fingerprint density at radius 3 is 2.14 bits per heavy atom. The lowest BCUT2D eigenvalue weighted by Gasteiger charge is -2.20. The molecule has 0 rings (SSSR count). The van der Waals surface area contributed by atoms with Gasteiger partial charge in [-0.2, -0.15) is 0 Å². The van der Waals surface area contributed by atoms with E-state index in [1.54, 1.807) is 0 Å².